The number of anilines is 1. The maximum atomic E-state index is 14.5. The van der Waals surface area contributed by atoms with E-state index in [4.69, 9.17) is 24.8 Å². The van der Waals surface area contributed by atoms with Crippen LogP contribution in [0.3, 0.4) is 0 Å². The second-order valence-corrected chi connectivity index (χ2v) is 11.1. The summed E-state index contributed by atoms with van der Waals surface area (Å²) in [6.45, 7) is -0.661. The number of aromatic nitrogens is 4. The van der Waals surface area contributed by atoms with Crippen LogP contribution in [0.1, 0.15) is 6.23 Å². The van der Waals surface area contributed by atoms with Crippen LogP contribution in [0.25, 0.3) is 11.2 Å². The van der Waals surface area contributed by atoms with Crippen molar-refractivity contribution in [3.63, 3.8) is 0 Å². The third kappa shape index (κ3) is 5.82. The summed E-state index contributed by atoms with van der Waals surface area (Å²) in [4.78, 5) is 48.1. The van der Waals surface area contributed by atoms with E-state index in [9.17, 15) is 28.3 Å². The number of hydrogen-bond acceptors (Lipinski definition) is 12. The van der Waals surface area contributed by atoms with Crippen LogP contribution in [0.15, 0.2) is 11.1 Å². The van der Waals surface area contributed by atoms with Gasteiger partial charge in [0.05, 0.1) is 12.9 Å². The average molecular weight is 525 g/mol. The van der Waals surface area contributed by atoms with Crippen LogP contribution in [-0.4, -0.2) is 64.3 Å². The third-order valence-corrected chi connectivity index (χ3v) is 8.40. The molecule has 0 spiro atoms. The summed E-state index contributed by atoms with van der Waals surface area (Å²) >= 11 is 4.65. The second kappa shape index (κ2) is 9.02. The minimum absolute atomic E-state index is 0.0776. The molecule has 0 radical (unpaired) electrons. The predicted octanol–water partition coefficient (Wildman–Crippen LogP) is -0.953. The predicted molar refractivity (Wildman–Crippen MR) is 103 cm³/mol. The zero-order valence-electron chi connectivity index (χ0n) is 14.8. The highest BCUT2D eigenvalue weighted by atomic mass is 32.4. The largest absolute Gasteiger partial charge is 0.486 e. The molecule has 16 nitrogen and oxygen atoms in total. The number of nitrogens with zero attached hydrogens (tertiary/aromatic N) is 3. The number of nitrogens with one attached hydrogen (secondary N) is 1. The van der Waals surface area contributed by atoms with Crippen LogP contribution >= 0.6 is 22.8 Å². The van der Waals surface area contributed by atoms with Crippen LogP contribution in [0, 0.1) is 0 Å². The van der Waals surface area contributed by atoms with Gasteiger partial charge in [-0.25, -0.2) is 22.8 Å². The zero-order valence-corrected chi connectivity index (χ0v) is 18.4. The first kappa shape index (κ1) is 24.5. The molecule has 21 heteroatoms. The van der Waals surface area contributed by atoms with E-state index in [1.54, 1.807) is 0 Å². The highest BCUT2D eigenvalue weighted by molar-refractivity contribution is 8.02. The topological polar surface area (TPSA) is 242 Å². The van der Waals surface area contributed by atoms with Crippen molar-refractivity contribution >= 4 is 51.7 Å². The number of halogens is 1. The number of hydrogen-bond donors (Lipinski definition) is 6. The molecule has 1 aliphatic heterocycles. The van der Waals surface area contributed by atoms with Crippen LogP contribution in [0.4, 0.5) is 10.3 Å². The average Bonchev–Trinajstić information content (AvgIpc) is 3.13. The molecule has 3 heterocycles. The molecule has 0 bridgehead atoms. The van der Waals surface area contributed by atoms with Gasteiger partial charge in [0.1, 0.15) is 12.2 Å². The van der Waals surface area contributed by atoms with Crippen molar-refractivity contribution in [3.05, 3.63) is 16.7 Å². The molecule has 0 saturated carbocycles. The lowest BCUT2D eigenvalue weighted by molar-refractivity contribution is -0.0457. The first-order valence-electron chi connectivity index (χ1n) is 7.93. The first-order chi connectivity index (χ1) is 14.3. The number of aromatic amines is 1. The Hall–Kier alpha value is -1.13. The molecule has 3 unspecified atom stereocenters. The second-order valence-electron chi connectivity index (χ2n) is 5.97. The van der Waals surface area contributed by atoms with Crippen molar-refractivity contribution in [1.82, 2.24) is 19.5 Å². The monoisotopic (exact) mass is 525 g/mol. The Balaban J connectivity index is 1.68. The standard InChI is InChI=1S/C10H15FN5O11P3S/c11-4-3(1-24-28(31)26-30(22,23)27-29(19,20)21)25-9(6(4)17)16-2-13-5-7(16)14-10(12)15-8(5)18/h2-4,6,9,17,28H,1H2,(H,22,23)(H2,19,20,21)(H3,12,14,15,18)/t3-,4+,6?,9-/m1/s1. The number of nitrogens with two attached hydrogens (primary N) is 1. The summed E-state index contributed by atoms with van der Waals surface area (Å²) in [6.07, 6.45) is -5.52. The van der Waals surface area contributed by atoms with Crippen molar-refractivity contribution in [2.24, 2.45) is 0 Å². The van der Waals surface area contributed by atoms with Gasteiger partial charge in [-0.15, -0.1) is 0 Å². The van der Waals surface area contributed by atoms with Crippen LogP contribution in [-0.2, 0) is 38.8 Å². The summed E-state index contributed by atoms with van der Waals surface area (Å²) in [5.41, 5.74) is 4.61. The molecule has 0 aromatic carbocycles. The van der Waals surface area contributed by atoms with E-state index < -0.39 is 59.6 Å². The Labute approximate surface area is 176 Å². The molecule has 0 amide bonds. The van der Waals surface area contributed by atoms with E-state index in [2.05, 4.69) is 35.4 Å². The van der Waals surface area contributed by atoms with Crippen molar-refractivity contribution < 1.29 is 51.2 Å². The Morgan fingerprint density at radius 3 is 2.74 bits per heavy atom. The number of ether oxygens (including phenoxy) is 1. The van der Waals surface area contributed by atoms with Gasteiger partial charge in [-0.1, -0.05) is 0 Å². The number of aliphatic hydroxyl groups excluding tert-OH is 1. The fourth-order valence-electron chi connectivity index (χ4n) is 2.62. The SMILES string of the molecule is Nc1nc2c(ncn2[C@@H]2O[C@H](CO[PH](=S)OP(=O)(O)OP(=O)(O)O)[C@H](F)C2O)c(=O)[nH]1. The molecule has 0 aliphatic carbocycles. The maximum absolute atomic E-state index is 14.5. The molecule has 1 aliphatic rings. The molecule has 2 aromatic heterocycles. The van der Waals surface area contributed by atoms with E-state index in [0.717, 1.165) is 10.9 Å². The number of H-pyrrole nitrogens is 1. The molecule has 3 rings (SSSR count). The normalized spacial score (nSPS) is 27.4. The Morgan fingerprint density at radius 2 is 2.10 bits per heavy atom. The van der Waals surface area contributed by atoms with Gasteiger partial charge in [0.15, 0.2) is 30.7 Å². The van der Waals surface area contributed by atoms with E-state index in [1.807, 2.05) is 0 Å². The Bertz CT molecular complexity index is 1150. The number of nitrogen functional groups attached to an aromatic ring is 1. The lowest BCUT2D eigenvalue weighted by Gasteiger charge is -2.17. The number of rotatable bonds is 8. The minimum Gasteiger partial charge on any atom is -0.385 e. The quantitative estimate of drug-likeness (QED) is 0.228. The van der Waals surface area contributed by atoms with Gasteiger partial charge in [0.2, 0.25) is 5.95 Å². The van der Waals surface area contributed by atoms with Crippen LogP contribution in [0.5, 0.6) is 0 Å². The fraction of sp³-hybridized carbons (Fsp3) is 0.500. The van der Waals surface area contributed by atoms with Crippen LogP contribution < -0.4 is 11.3 Å². The summed E-state index contributed by atoms with van der Waals surface area (Å²) < 4.78 is 55.8. The molecule has 174 valence electrons. The summed E-state index contributed by atoms with van der Waals surface area (Å²) in [5.74, 6) is -0.245. The highest BCUT2D eigenvalue weighted by Gasteiger charge is 2.46. The highest BCUT2D eigenvalue weighted by Crippen LogP contribution is 2.62. The summed E-state index contributed by atoms with van der Waals surface area (Å²) in [6, 6.07) is 0. The molecule has 7 N–H and O–H groups in total. The van der Waals surface area contributed by atoms with Crippen molar-refractivity contribution in [2.75, 3.05) is 12.3 Å². The number of imidazole rings is 1. The van der Waals surface area contributed by atoms with Crippen molar-refractivity contribution in [1.29, 1.82) is 0 Å². The molecule has 2 aromatic rings. The molecule has 6 atom stereocenters. The van der Waals surface area contributed by atoms with Gasteiger partial charge in [-0.05, 0) is 11.8 Å². The van der Waals surface area contributed by atoms with Crippen molar-refractivity contribution in [3.8, 4) is 0 Å². The molecule has 1 fully saturated rings. The Kier molecular flexibility index (Phi) is 7.13. The van der Waals surface area contributed by atoms with E-state index in [1.165, 1.54) is 0 Å². The van der Waals surface area contributed by atoms with E-state index in [0.29, 0.717) is 0 Å². The van der Waals surface area contributed by atoms with E-state index >= 15 is 0 Å². The first-order valence-corrected chi connectivity index (χ1v) is 13.4. The Morgan fingerprint density at radius 1 is 1.42 bits per heavy atom. The molecule has 31 heavy (non-hydrogen) atoms. The zero-order chi connectivity index (χ0) is 23.1. The van der Waals surface area contributed by atoms with Gasteiger partial charge in [-0.2, -0.15) is 9.29 Å². The molecular formula is C10H15FN5O11P3S. The van der Waals surface area contributed by atoms with Gasteiger partial charge >= 0.3 is 15.6 Å². The lowest BCUT2D eigenvalue weighted by Crippen LogP contribution is -2.29. The molecular weight excluding hydrogens is 510 g/mol. The van der Waals surface area contributed by atoms with Gasteiger partial charge < -0.3 is 34.8 Å². The lowest BCUT2D eigenvalue weighted by atomic mass is 10.1. The van der Waals surface area contributed by atoms with E-state index in [-0.39, 0.29) is 17.1 Å². The van der Waals surface area contributed by atoms with Crippen LogP contribution in [0.2, 0.25) is 0 Å². The molecule has 1 saturated heterocycles. The van der Waals surface area contributed by atoms with Gasteiger partial charge in [0, 0.05) is 0 Å². The van der Waals surface area contributed by atoms with Crippen molar-refractivity contribution in [2.45, 2.75) is 24.6 Å². The van der Waals surface area contributed by atoms with Gasteiger partial charge in [-0.3, -0.25) is 14.3 Å². The third-order valence-electron chi connectivity index (χ3n) is 3.78. The summed E-state index contributed by atoms with van der Waals surface area (Å²) in [7, 11) is -13.7. The smallest absolute Gasteiger partial charge is 0.385 e. The maximum Gasteiger partial charge on any atom is 0.486 e. The number of aliphatic hydroxyl groups is 1. The fourth-order valence-corrected chi connectivity index (χ4v) is 6.45. The number of fused-ring (bicyclic) bond motifs is 1. The van der Waals surface area contributed by atoms with Gasteiger partial charge in [0.25, 0.3) is 5.56 Å². The number of alkyl halides is 1. The number of phosphoric acid groups is 2. The summed E-state index contributed by atoms with van der Waals surface area (Å²) in [5, 5.41) is 10.2. The minimum atomic E-state index is -5.35.